The molecule has 0 radical (unpaired) electrons. The number of hydrogen-bond acceptors (Lipinski definition) is 4. The maximum atomic E-state index is 9.32. The average molecular weight is 739 g/mol. The predicted molar refractivity (Wildman–Crippen MR) is 234 cm³/mol. The molecular formula is C51H32N4S. The summed E-state index contributed by atoms with van der Waals surface area (Å²) in [7, 11) is 0. The SMILES string of the molecule is [2H]c1cc([2H])c2c(c1[2H])c1c([2H])c([2H])cc([2H])c1n2-c1cc(-c2cccc3c2sc2ccccc23)ccc1-c1nc(-c2ccccc2)nc(-c2ccc(-c3ccccc3)cc2)n1. The van der Waals surface area contributed by atoms with Crippen molar-refractivity contribution in [2.75, 3.05) is 0 Å². The van der Waals surface area contributed by atoms with Gasteiger partial charge in [-0.15, -0.1) is 11.3 Å². The minimum absolute atomic E-state index is 0.0506. The van der Waals surface area contributed by atoms with Crippen LogP contribution in [0.1, 0.15) is 8.22 Å². The fourth-order valence-corrected chi connectivity index (χ4v) is 8.83. The summed E-state index contributed by atoms with van der Waals surface area (Å²) >= 11 is 1.71. The number of thiophene rings is 1. The number of rotatable bonds is 6. The Kier molecular flexibility index (Phi) is 6.29. The smallest absolute Gasteiger partial charge is 0.166 e. The summed E-state index contributed by atoms with van der Waals surface area (Å²) in [6, 6.07) is 50.4. The zero-order chi connectivity index (χ0) is 42.2. The number of hydrogen-bond donors (Lipinski definition) is 0. The summed E-state index contributed by atoms with van der Waals surface area (Å²) in [5.74, 6) is 1.23. The predicted octanol–water partition coefficient (Wildman–Crippen LogP) is 13.7. The van der Waals surface area contributed by atoms with Gasteiger partial charge < -0.3 is 4.57 Å². The molecule has 3 aromatic heterocycles. The first-order valence-electron chi connectivity index (χ1n) is 21.3. The lowest BCUT2D eigenvalue weighted by Gasteiger charge is -2.17. The highest BCUT2D eigenvalue weighted by atomic mass is 32.1. The monoisotopic (exact) mass is 738 g/mol. The van der Waals surface area contributed by atoms with Gasteiger partial charge in [0.1, 0.15) is 0 Å². The maximum absolute atomic E-state index is 9.32. The molecule has 11 aromatic rings. The Bertz CT molecular complexity index is 3520. The molecule has 56 heavy (non-hydrogen) atoms. The highest BCUT2D eigenvalue weighted by Crippen LogP contribution is 2.43. The highest BCUT2D eigenvalue weighted by molar-refractivity contribution is 7.26. The first-order chi connectivity index (χ1) is 30.2. The van der Waals surface area contributed by atoms with E-state index >= 15 is 0 Å². The number of fused-ring (bicyclic) bond motifs is 6. The highest BCUT2D eigenvalue weighted by Gasteiger charge is 2.21. The van der Waals surface area contributed by atoms with Gasteiger partial charge in [-0.05, 0) is 52.5 Å². The van der Waals surface area contributed by atoms with Crippen LogP contribution in [0.25, 0.3) is 104 Å². The second kappa shape index (κ2) is 13.3. The normalized spacial score (nSPS) is 13.1. The Labute approximate surface area is 336 Å². The summed E-state index contributed by atoms with van der Waals surface area (Å²) in [5, 5.41) is 2.64. The van der Waals surface area contributed by atoms with Crippen LogP contribution in [0.4, 0.5) is 0 Å². The van der Waals surface area contributed by atoms with Crippen LogP contribution in [0.3, 0.4) is 0 Å². The van der Waals surface area contributed by atoms with Crippen LogP contribution >= 0.6 is 11.3 Å². The van der Waals surface area contributed by atoms with Crippen molar-refractivity contribution in [2.45, 2.75) is 0 Å². The quantitative estimate of drug-likeness (QED) is 0.171. The van der Waals surface area contributed by atoms with Gasteiger partial charge >= 0.3 is 0 Å². The topological polar surface area (TPSA) is 43.6 Å². The molecule has 8 aromatic carbocycles. The van der Waals surface area contributed by atoms with Crippen LogP contribution in [0.2, 0.25) is 0 Å². The summed E-state index contributed by atoms with van der Waals surface area (Å²) in [6.07, 6.45) is 0. The lowest BCUT2D eigenvalue weighted by atomic mass is 9.99. The number of para-hydroxylation sites is 2. The van der Waals surface area contributed by atoms with E-state index in [0.717, 1.165) is 53.6 Å². The molecule has 0 N–H and O–H groups in total. The summed E-state index contributed by atoms with van der Waals surface area (Å²) in [4.78, 5) is 15.3. The fraction of sp³-hybridized carbons (Fsp3) is 0. The first-order valence-corrected chi connectivity index (χ1v) is 19.1. The van der Waals surface area contributed by atoms with Crippen LogP contribution in [-0.4, -0.2) is 19.5 Å². The third kappa shape index (κ3) is 5.40. The van der Waals surface area contributed by atoms with E-state index in [0.29, 0.717) is 28.7 Å². The summed E-state index contributed by atoms with van der Waals surface area (Å²) in [6.45, 7) is 0. The lowest BCUT2D eigenvalue weighted by Crippen LogP contribution is -2.04. The van der Waals surface area contributed by atoms with E-state index in [2.05, 4.69) is 36.4 Å². The third-order valence-corrected chi connectivity index (χ3v) is 11.5. The Morgan fingerprint density at radius 2 is 0.964 bits per heavy atom. The van der Waals surface area contributed by atoms with Gasteiger partial charge in [-0.3, -0.25) is 0 Å². The van der Waals surface area contributed by atoms with E-state index in [1.165, 1.54) is 12.1 Å². The minimum Gasteiger partial charge on any atom is -0.308 e. The van der Waals surface area contributed by atoms with Gasteiger partial charge in [0.2, 0.25) is 0 Å². The maximum Gasteiger partial charge on any atom is 0.166 e. The standard InChI is InChI=1S/C51H32N4S/c1-3-14-33(15-4-1)34-26-28-36(29-27-34)50-52-49(35-16-5-2-6-17-35)53-51(54-50)43-31-30-37(38-21-13-22-42-41-20-9-12-25-47(41)56-48(38)42)32-46(43)55-44-23-10-7-18-39(44)40-19-8-11-24-45(40)55/h1-32H/i7D,8D,18D,19D,23D,24D. The van der Waals surface area contributed by atoms with Crippen molar-refractivity contribution in [1.82, 2.24) is 19.5 Å². The molecule has 0 fully saturated rings. The van der Waals surface area contributed by atoms with Gasteiger partial charge in [-0.25, -0.2) is 15.0 Å². The molecule has 0 aliphatic heterocycles. The van der Waals surface area contributed by atoms with Gasteiger partial charge in [-0.1, -0.05) is 164 Å². The van der Waals surface area contributed by atoms with Gasteiger partial charge in [0.15, 0.2) is 17.5 Å². The molecule has 0 aliphatic carbocycles. The third-order valence-electron chi connectivity index (χ3n) is 10.2. The second-order valence-corrected chi connectivity index (χ2v) is 14.6. The van der Waals surface area contributed by atoms with Crippen molar-refractivity contribution in [3.63, 3.8) is 0 Å². The number of aromatic nitrogens is 4. The van der Waals surface area contributed by atoms with Crippen LogP contribution in [0.15, 0.2) is 194 Å². The molecule has 0 aliphatic rings. The van der Waals surface area contributed by atoms with E-state index in [9.17, 15) is 2.74 Å². The molecule has 0 bridgehead atoms. The Balaban J connectivity index is 1.23. The van der Waals surface area contributed by atoms with Crippen molar-refractivity contribution >= 4 is 53.3 Å². The zero-order valence-electron chi connectivity index (χ0n) is 35.7. The first kappa shape index (κ1) is 26.5. The second-order valence-electron chi connectivity index (χ2n) is 13.5. The zero-order valence-corrected chi connectivity index (χ0v) is 30.5. The van der Waals surface area contributed by atoms with Gasteiger partial charge in [0.05, 0.1) is 24.9 Å². The van der Waals surface area contributed by atoms with Crippen LogP contribution in [-0.2, 0) is 0 Å². The number of benzene rings is 8. The molecule has 4 nitrogen and oxygen atoms in total. The Hall–Kier alpha value is -7.21. The van der Waals surface area contributed by atoms with E-state index in [-0.39, 0.29) is 58.1 Å². The molecule has 0 spiro atoms. The van der Waals surface area contributed by atoms with Crippen LogP contribution in [0, 0.1) is 0 Å². The summed E-state index contributed by atoms with van der Waals surface area (Å²) < 4.78 is 58.1. The molecule has 3 heterocycles. The van der Waals surface area contributed by atoms with Crippen molar-refractivity contribution in [2.24, 2.45) is 0 Å². The molecule has 0 amide bonds. The van der Waals surface area contributed by atoms with Crippen molar-refractivity contribution in [3.8, 4) is 62.1 Å². The number of nitrogens with zero attached hydrogens (tertiary/aromatic N) is 4. The Morgan fingerprint density at radius 3 is 1.68 bits per heavy atom. The Morgan fingerprint density at radius 1 is 0.411 bits per heavy atom. The van der Waals surface area contributed by atoms with Crippen molar-refractivity contribution < 1.29 is 8.22 Å². The molecule has 262 valence electrons. The van der Waals surface area contributed by atoms with Gasteiger partial charge in [0, 0.05) is 47.6 Å². The van der Waals surface area contributed by atoms with Gasteiger partial charge in [-0.2, -0.15) is 0 Å². The fourth-order valence-electron chi connectivity index (χ4n) is 7.59. The van der Waals surface area contributed by atoms with Gasteiger partial charge in [0.25, 0.3) is 0 Å². The molecule has 0 atom stereocenters. The van der Waals surface area contributed by atoms with Crippen LogP contribution < -0.4 is 0 Å². The summed E-state index contributed by atoms with van der Waals surface area (Å²) in [5.41, 5.74) is 7.11. The van der Waals surface area contributed by atoms with E-state index in [1.54, 1.807) is 15.9 Å². The van der Waals surface area contributed by atoms with E-state index in [4.69, 9.17) is 20.4 Å². The van der Waals surface area contributed by atoms with E-state index < -0.39 is 0 Å². The molecule has 5 heteroatoms. The minimum atomic E-state index is -0.182. The molecule has 0 unspecified atom stereocenters. The van der Waals surface area contributed by atoms with Crippen LogP contribution in [0.5, 0.6) is 0 Å². The molecule has 11 rings (SSSR count). The largest absolute Gasteiger partial charge is 0.308 e. The lowest BCUT2D eigenvalue weighted by molar-refractivity contribution is 1.06. The molecular weight excluding hydrogens is 701 g/mol. The van der Waals surface area contributed by atoms with Crippen molar-refractivity contribution in [1.29, 1.82) is 0 Å². The molecule has 0 saturated carbocycles. The average Bonchev–Trinajstić information content (AvgIpc) is 3.88. The molecule has 0 saturated heterocycles. The van der Waals surface area contributed by atoms with Crippen molar-refractivity contribution in [3.05, 3.63) is 194 Å². The van der Waals surface area contributed by atoms with E-state index in [1.807, 2.05) is 109 Å².